The average molecular weight is 296 g/mol. The van der Waals surface area contributed by atoms with E-state index >= 15 is 0 Å². The maximum absolute atomic E-state index is 12.6. The number of carbonyl (C=O) groups is 1. The summed E-state index contributed by atoms with van der Waals surface area (Å²) in [6.45, 7) is 2.00. The van der Waals surface area contributed by atoms with Gasteiger partial charge in [0.05, 0.1) is 0 Å². The number of halogens is 1. The van der Waals surface area contributed by atoms with Gasteiger partial charge >= 0.3 is 0 Å². The van der Waals surface area contributed by atoms with Crippen molar-refractivity contribution >= 4 is 17.4 Å². The highest BCUT2D eigenvalue weighted by molar-refractivity contribution is 6.30. The number of H-pyrrole nitrogens is 1. The first-order chi connectivity index (χ1) is 10.1. The summed E-state index contributed by atoms with van der Waals surface area (Å²) < 4.78 is 0. The number of rotatable bonds is 3. The van der Waals surface area contributed by atoms with Gasteiger partial charge in [-0.1, -0.05) is 53.6 Å². The number of benzene rings is 2. The molecule has 0 saturated carbocycles. The van der Waals surface area contributed by atoms with E-state index in [1.54, 1.807) is 6.20 Å². The monoisotopic (exact) mass is 295 g/mol. The molecule has 2 aromatic carbocycles. The van der Waals surface area contributed by atoms with Crippen molar-refractivity contribution in [2.75, 3.05) is 0 Å². The quantitative estimate of drug-likeness (QED) is 0.687. The molecule has 0 aliphatic rings. The van der Waals surface area contributed by atoms with Gasteiger partial charge in [0.15, 0.2) is 5.78 Å². The fourth-order valence-corrected chi connectivity index (χ4v) is 2.41. The van der Waals surface area contributed by atoms with Crippen LogP contribution in [0.5, 0.6) is 0 Å². The lowest BCUT2D eigenvalue weighted by molar-refractivity contribution is 0.103. The molecule has 21 heavy (non-hydrogen) atoms. The Kier molecular flexibility index (Phi) is 3.63. The van der Waals surface area contributed by atoms with Gasteiger partial charge in [-0.2, -0.15) is 0 Å². The van der Waals surface area contributed by atoms with E-state index in [-0.39, 0.29) is 5.78 Å². The van der Waals surface area contributed by atoms with Crippen molar-refractivity contribution in [2.24, 2.45) is 0 Å². The Labute approximate surface area is 128 Å². The lowest BCUT2D eigenvalue weighted by atomic mass is 9.98. The predicted octanol–water partition coefficient (Wildman–Crippen LogP) is 4.87. The lowest BCUT2D eigenvalue weighted by Gasteiger charge is -2.04. The van der Waals surface area contributed by atoms with Gasteiger partial charge in [-0.3, -0.25) is 4.79 Å². The molecular formula is C18H14ClNO. The molecule has 104 valence electrons. The maximum Gasteiger partial charge on any atom is 0.195 e. The van der Waals surface area contributed by atoms with Gasteiger partial charge in [0, 0.05) is 34.1 Å². The smallest absolute Gasteiger partial charge is 0.195 e. The van der Waals surface area contributed by atoms with E-state index in [4.69, 9.17) is 11.6 Å². The zero-order valence-electron chi connectivity index (χ0n) is 11.6. The molecule has 0 radical (unpaired) electrons. The highest BCUT2D eigenvalue weighted by atomic mass is 35.5. The number of aromatic amines is 1. The Morgan fingerprint density at radius 2 is 1.62 bits per heavy atom. The van der Waals surface area contributed by atoms with Crippen LogP contribution in [0.15, 0.2) is 60.9 Å². The third-order valence-electron chi connectivity index (χ3n) is 3.46. The molecule has 0 saturated heterocycles. The van der Waals surface area contributed by atoms with Crippen molar-refractivity contribution in [3.63, 3.8) is 0 Å². The van der Waals surface area contributed by atoms with Gasteiger partial charge in [0.1, 0.15) is 0 Å². The zero-order valence-corrected chi connectivity index (χ0v) is 12.3. The lowest BCUT2D eigenvalue weighted by Crippen LogP contribution is -2.01. The van der Waals surface area contributed by atoms with Crippen LogP contribution in [0.4, 0.5) is 0 Å². The van der Waals surface area contributed by atoms with E-state index in [9.17, 15) is 4.79 Å². The van der Waals surface area contributed by atoms with Gasteiger partial charge in [-0.15, -0.1) is 0 Å². The summed E-state index contributed by atoms with van der Waals surface area (Å²) in [6, 6.07) is 15.1. The highest BCUT2D eigenvalue weighted by Crippen LogP contribution is 2.26. The summed E-state index contributed by atoms with van der Waals surface area (Å²) in [6.07, 6.45) is 3.58. The standard InChI is InChI=1S/C18H14ClNO/c1-12-2-4-14(5-3-12)18(21)17-11-20-10-16(17)13-6-8-15(19)9-7-13/h2-11,20H,1H3. The molecule has 0 fully saturated rings. The van der Waals surface area contributed by atoms with E-state index in [1.165, 1.54) is 0 Å². The predicted molar refractivity (Wildman–Crippen MR) is 85.9 cm³/mol. The van der Waals surface area contributed by atoms with Crippen molar-refractivity contribution in [2.45, 2.75) is 6.92 Å². The molecule has 0 unspecified atom stereocenters. The SMILES string of the molecule is Cc1ccc(C(=O)c2c[nH]cc2-c2ccc(Cl)cc2)cc1. The number of aryl methyl sites for hydroxylation is 1. The molecule has 1 aromatic heterocycles. The molecule has 3 rings (SSSR count). The first-order valence-corrected chi connectivity index (χ1v) is 7.07. The molecular weight excluding hydrogens is 282 g/mol. The first kappa shape index (κ1) is 13.7. The number of ketones is 1. The van der Waals surface area contributed by atoms with Crippen LogP contribution in [0, 0.1) is 6.92 Å². The second-order valence-corrected chi connectivity index (χ2v) is 5.42. The number of nitrogens with one attached hydrogen (secondary N) is 1. The number of aromatic nitrogens is 1. The Bertz CT molecular complexity index is 770. The molecule has 3 aromatic rings. The second kappa shape index (κ2) is 5.58. The van der Waals surface area contributed by atoms with E-state index in [0.717, 1.165) is 16.7 Å². The molecule has 0 bridgehead atoms. The normalized spacial score (nSPS) is 10.6. The zero-order chi connectivity index (χ0) is 14.8. The van der Waals surface area contributed by atoms with Crippen LogP contribution in [0.3, 0.4) is 0 Å². The molecule has 1 N–H and O–H groups in total. The van der Waals surface area contributed by atoms with Crippen molar-refractivity contribution in [1.82, 2.24) is 4.98 Å². The summed E-state index contributed by atoms with van der Waals surface area (Å²) in [5.41, 5.74) is 4.35. The van der Waals surface area contributed by atoms with Gasteiger partial charge in [-0.25, -0.2) is 0 Å². The molecule has 0 amide bonds. The van der Waals surface area contributed by atoms with E-state index in [0.29, 0.717) is 16.1 Å². The van der Waals surface area contributed by atoms with E-state index in [2.05, 4.69) is 4.98 Å². The van der Waals surface area contributed by atoms with Crippen molar-refractivity contribution < 1.29 is 4.79 Å². The maximum atomic E-state index is 12.6. The molecule has 2 nitrogen and oxygen atoms in total. The average Bonchev–Trinajstić information content (AvgIpc) is 2.97. The van der Waals surface area contributed by atoms with Crippen LogP contribution >= 0.6 is 11.6 Å². The minimum absolute atomic E-state index is 0.0150. The summed E-state index contributed by atoms with van der Waals surface area (Å²) in [7, 11) is 0. The largest absolute Gasteiger partial charge is 0.366 e. The summed E-state index contributed by atoms with van der Waals surface area (Å²) in [5.74, 6) is 0.0150. The van der Waals surface area contributed by atoms with E-state index < -0.39 is 0 Å². The Balaban J connectivity index is 2.00. The molecule has 0 aliphatic carbocycles. The molecule has 0 atom stereocenters. The molecule has 1 heterocycles. The molecule has 3 heteroatoms. The van der Waals surface area contributed by atoms with Crippen LogP contribution < -0.4 is 0 Å². The third-order valence-corrected chi connectivity index (χ3v) is 3.71. The summed E-state index contributed by atoms with van der Waals surface area (Å²) in [5, 5.41) is 0.681. The van der Waals surface area contributed by atoms with Crippen LogP contribution in [0.1, 0.15) is 21.5 Å². The van der Waals surface area contributed by atoms with Gasteiger partial charge < -0.3 is 4.98 Å². The fourth-order valence-electron chi connectivity index (χ4n) is 2.28. The number of hydrogen-bond acceptors (Lipinski definition) is 1. The fraction of sp³-hybridized carbons (Fsp3) is 0.0556. The van der Waals surface area contributed by atoms with Crippen molar-refractivity contribution in [3.8, 4) is 11.1 Å². The highest BCUT2D eigenvalue weighted by Gasteiger charge is 2.15. The summed E-state index contributed by atoms with van der Waals surface area (Å²) >= 11 is 5.91. The minimum atomic E-state index is 0.0150. The van der Waals surface area contributed by atoms with Crippen molar-refractivity contribution in [1.29, 1.82) is 0 Å². The Hall–Kier alpha value is -2.32. The van der Waals surface area contributed by atoms with Crippen molar-refractivity contribution in [3.05, 3.63) is 82.6 Å². The topological polar surface area (TPSA) is 32.9 Å². The molecule has 0 aliphatic heterocycles. The van der Waals surface area contributed by atoms with Gasteiger partial charge in [0.2, 0.25) is 0 Å². The number of hydrogen-bond donors (Lipinski definition) is 1. The van der Waals surface area contributed by atoms with Gasteiger partial charge in [-0.05, 0) is 24.6 Å². The first-order valence-electron chi connectivity index (χ1n) is 6.69. The number of carbonyl (C=O) groups excluding carboxylic acids is 1. The second-order valence-electron chi connectivity index (χ2n) is 4.98. The van der Waals surface area contributed by atoms with Crippen LogP contribution in [0.2, 0.25) is 5.02 Å². The van der Waals surface area contributed by atoms with Crippen LogP contribution in [-0.4, -0.2) is 10.8 Å². The van der Waals surface area contributed by atoms with Crippen LogP contribution in [0.25, 0.3) is 11.1 Å². The third kappa shape index (κ3) is 2.76. The Morgan fingerprint density at radius 1 is 0.952 bits per heavy atom. The summed E-state index contributed by atoms with van der Waals surface area (Å²) in [4.78, 5) is 15.7. The van der Waals surface area contributed by atoms with Crippen LogP contribution in [-0.2, 0) is 0 Å². The molecule has 0 spiro atoms. The van der Waals surface area contributed by atoms with E-state index in [1.807, 2.05) is 61.7 Å². The Morgan fingerprint density at radius 3 is 2.29 bits per heavy atom. The van der Waals surface area contributed by atoms with Gasteiger partial charge in [0.25, 0.3) is 0 Å². The minimum Gasteiger partial charge on any atom is -0.366 e.